The molecule has 5 aromatic rings. The van der Waals surface area contributed by atoms with Crippen molar-refractivity contribution in [1.82, 2.24) is 24.7 Å². The van der Waals surface area contributed by atoms with Crippen LogP contribution < -0.4 is 16.4 Å². The van der Waals surface area contributed by atoms with Gasteiger partial charge in [-0.25, -0.2) is 18.6 Å². The second-order valence-corrected chi connectivity index (χ2v) is 9.08. The van der Waals surface area contributed by atoms with Gasteiger partial charge in [-0.05, 0) is 42.2 Å². The minimum atomic E-state index is -1.30. The summed E-state index contributed by atoms with van der Waals surface area (Å²) >= 11 is 0. The molecule has 12 heteroatoms. The first-order chi connectivity index (χ1) is 18.6. The number of fused-ring (bicyclic) bond motifs is 1. The average Bonchev–Trinajstić information content (AvgIpc) is 3.23. The van der Waals surface area contributed by atoms with E-state index in [2.05, 4.69) is 20.1 Å². The maximum Gasteiger partial charge on any atom is 0.412 e. The number of anilines is 3. The maximum atomic E-state index is 14.3. The van der Waals surface area contributed by atoms with Crippen LogP contribution in [0.5, 0.6) is 0 Å². The van der Waals surface area contributed by atoms with Crippen molar-refractivity contribution in [3.63, 3.8) is 0 Å². The van der Waals surface area contributed by atoms with Crippen LogP contribution in [0.25, 0.3) is 17.0 Å². The fourth-order valence-electron chi connectivity index (χ4n) is 4.30. The number of hydrogen-bond donors (Lipinski definition) is 3. The third kappa shape index (κ3) is 4.91. The number of carboxylic acid groups (broad SMARTS) is 1. The molecule has 0 saturated heterocycles. The molecule has 3 heterocycles. The van der Waals surface area contributed by atoms with Crippen molar-refractivity contribution in [2.45, 2.75) is 26.8 Å². The summed E-state index contributed by atoms with van der Waals surface area (Å²) in [6.07, 6.45) is -0.199. The molecule has 1 amide bonds. The first-order valence-corrected chi connectivity index (χ1v) is 11.9. The van der Waals surface area contributed by atoms with E-state index in [0.29, 0.717) is 16.8 Å². The Morgan fingerprint density at radius 1 is 1.03 bits per heavy atom. The number of benzene rings is 2. The molecule has 0 spiro atoms. The highest BCUT2D eigenvalue weighted by atomic mass is 19.1. The number of hydrogen-bond acceptors (Lipinski definition) is 7. The molecule has 0 aliphatic heterocycles. The number of halogens is 2. The summed E-state index contributed by atoms with van der Waals surface area (Å²) in [4.78, 5) is 25.8. The van der Waals surface area contributed by atoms with Crippen LogP contribution in [-0.4, -0.2) is 35.9 Å². The zero-order chi connectivity index (χ0) is 27.8. The van der Waals surface area contributed by atoms with Gasteiger partial charge >= 0.3 is 6.09 Å². The third-order valence-electron chi connectivity index (χ3n) is 6.40. The summed E-state index contributed by atoms with van der Waals surface area (Å²) in [5.74, 6) is -1.61. The van der Waals surface area contributed by atoms with Gasteiger partial charge in [0, 0.05) is 12.5 Å². The topological polar surface area (TPSA) is 149 Å². The zero-order valence-electron chi connectivity index (χ0n) is 21.1. The van der Waals surface area contributed by atoms with Gasteiger partial charge in [0.25, 0.3) is 5.95 Å². The third-order valence-corrected chi connectivity index (χ3v) is 6.40. The number of rotatable bonds is 6. The Hall–Kier alpha value is -5.13. The lowest BCUT2D eigenvalue weighted by Gasteiger charge is -2.22. The van der Waals surface area contributed by atoms with E-state index >= 15 is 0 Å². The molecule has 5 rings (SSSR count). The maximum absolute atomic E-state index is 14.3. The lowest BCUT2D eigenvalue weighted by atomic mass is 10.1. The van der Waals surface area contributed by atoms with E-state index in [0.717, 1.165) is 27.8 Å². The van der Waals surface area contributed by atoms with Crippen molar-refractivity contribution in [3.8, 4) is 5.95 Å². The van der Waals surface area contributed by atoms with Crippen LogP contribution in [0, 0.1) is 25.5 Å². The monoisotopic (exact) mass is 530 g/mol. The summed E-state index contributed by atoms with van der Waals surface area (Å²) in [6.45, 7) is 3.84. The van der Waals surface area contributed by atoms with E-state index in [9.17, 15) is 18.7 Å². The normalized spacial score (nSPS) is 11.2. The predicted octanol–water partition coefficient (Wildman–Crippen LogP) is 4.55. The first-order valence-electron chi connectivity index (χ1n) is 11.9. The Labute approximate surface area is 221 Å². The molecule has 10 nitrogen and oxygen atoms in total. The predicted molar refractivity (Wildman–Crippen MR) is 143 cm³/mol. The van der Waals surface area contributed by atoms with E-state index in [1.54, 1.807) is 18.2 Å². The molecule has 2 aromatic carbocycles. The van der Waals surface area contributed by atoms with Crippen LogP contribution in [0.2, 0.25) is 0 Å². The summed E-state index contributed by atoms with van der Waals surface area (Å²) < 4.78 is 29.7. The fraction of sp³-hybridized carbons (Fsp3) is 0.148. The van der Waals surface area contributed by atoms with Crippen molar-refractivity contribution < 1.29 is 18.7 Å². The van der Waals surface area contributed by atoms with Crippen molar-refractivity contribution in [3.05, 3.63) is 94.3 Å². The number of aryl methyl sites for hydroxylation is 2. The Bertz CT molecular complexity index is 1710. The fourth-order valence-corrected chi connectivity index (χ4v) is 4.30. The van der Waals surface area contributed by atoms with Gasteiger partial charge in [-0.3, -0.25) is 4.90 Å². The number of nitrogens with two attached hydrogens (primary N) is 2. The van der Waals surface area contributed by atoms with Gasteiger partial charge in [0.1, 0.15) is 22.8 Å². The molecule has 0 radical (unpaired) electrons. The van der Waals surface area contributed by atoms with Gasteiger partial charge in [-0.1, -0.05) is 36.4 Å². The summed E-state index contributed by atoms with van der Waals surface area (Å²) in [7, 11) is 0. The van der Waals surface area contributed by atoms with E-state index in [1.165, 1.54) is 16.8 Å². The number of nitrogens with zero attached hydrogens (tertiary/aromatic N) is 6. The molecule has 5 N–H and O–H groups in total. The molecular formula is C27H24F2N8O2. The zero-order valence-corrected chi connectivity index (χ0v) is 21.1. The molecule has 0 aliphatic carbocycles. The largest absolute Gasteiger partial charge is 0.465 e. The molecule has 0 atom stereocenters. The van der Waals surface area contributed by atoms with Crippen molar-refractivity contribution in [1.29, 1.82) is 0 Å². The second kappa shape index (κ2) is 9.97. The smallest absolute Gasteiger partial charge is 0.412 e. The van der Waals surface area contributed by atoms with Crippen LogP contribution >= 0.6 is 0 Å². The highest BCUT2D eigenvalue weighted by Gasteiger charge is 2.25. The average molecular weight is 531 g/mol. The molecule has 0 bridgehead atoms. The number of amides is 1. The van der Waals surface area contributed by atoms with E-state index in [-0.39, 0.29) is 41.8 Å². The van der Waals surface area contributed by atoms with Crippen LogP contribution in [0.3, 0.4) is 0 Å². The van der Waals surface area contributed by atoms with Crippen LogP contribution in [0.4, 0.5) is 30.9 Å². The molecule has 0 saturated carbocycles. The first kappa shape index (κ1) is 25.5. The van der Waals surface area contributed by atoms with E-state index in [1.807, 2.05) is 32.0 Å². The second-order valence-electron chi connectivity index (χ2n) is 9.08. The highest BCUT2D eigenvalue weighted by molar-refractivity contribution is 5.94. The van der Waals surface area contributed by atoms with Crippen LogP contribution in [-0.2, 0) is 13.0 Å². The van der Waals surface area contributed by atoms with E-state index < -0.39 is 17.7 Å². The molecule has 198 valence electrons. The Balaban J connectivity index is 1.58. The highest BCUT2D eigenvalue weighted by Crippen LogP contribution is 2.31. The Morgan fingerprint density at radius 3 is 2.41 bits per heavy atom. The number of nitrogen functional groups attached to an aromatic ring is 2. The van der Waals surface area contributed by atoms with Crippen LogP contribution in [0.1, 0.15) is 27.9 Å². The van der Waals surface area contributed by atoms with Crippen molar-refractivity contribution >= 4 is 34.4 Å². The molecule has 0 unspecified atom stereocenters. The number of aromatic nitrogens is 5. The number of carbonyl (C=O) groups is 1. The summed E-state index contributed by atoms with van der Waals surface area (Å²) in [6, 6.07) is 13.0. The molecule has 0 aliphatic rings. The quantitative estimate of drug-likeness (QED) is 0.290. The van der Waals surface area contributed by atoms with Crippen LogP contribution in [0.15, 0.2) is 54.7 Å². The Kier molecular flexibility index (Phi) is 6.52. The van der Waals surface area contributed by atoms with Gasteiger partial charge in [-0.15, -0.1) is 0 Å². The van der Waals surface area contributed by atoms with Gasteiger partial charge in [0.2, 0.25) is 0 Å². The summed E-state index contributed by atoms with van der Waals surface area (Å²) in [5, 5.41) is 14.4. The van der Waals surface area contributed by atoms with Gasteiger partial charge in [-0.2, -0.15) is 19.7 Å². The number of pyridine rings is 1. The van der Waals surface area contributed by atoms with Crippen molar-refractivity contribution in [2.75, 3.05) is 16.4 Å². The lowest BCUT2D eigenvalue weighted by molar-refractivity contribution is 0.201. The molecule has 3 aromatic heterocycles. The molecular weight excluding hydrogens is 506 g/mol. The van der Waals surface area contributed by atoms with Gasteiger partial charge < -0.3 is 16.6 Å². The molecule has 0 fully saturated rings. The lowest BCUT2D eigenvalue weighted by Crippen LogP contribution is -2.31. The summed E-state index contributed by atoms with van der Waals surface area (Å²) in [5.41, 5.74) is 16.4. The minimum absolute atomic E-state index is 0.0415. The van der Waals surface area contributed by atoms with Gasteiger partial charge in [0.05, 0.1) is 24.0 Å². The SMILES string of the molecule is Cc1ccc(CN(C(=O)O)c2c(N)nc(-n3nc(Cc4ccccc4F)c4ncc(F)cc43)nc2N)cc1C. The van der Waals surface area contributed by atoms with E-state index in [4.69, 9.17) is 11.5 Å². The van der Waals surface area contributed by atoms with Crippen molar-refractivity contribution in [2.24, 2.45) is 0 Å². The standard InChI is InChI=1S/C27H24F2N8O2/c1-14-7-8-16(9-15(14)2)13-36(27(38)39)23-24(30)33-26(34-25(23)31)37-21-11-18(28)12-32-22(21)20(35-37)10-17-5-3-4-6-19(17)29/h3-9,11-12H,10,13H2,1-2H3,(H,38,39)(H4,30,31,33,34). The molecule has 39 heavy (non-hydrogen) atoms. The van der Waals surface area contributed by atoms with Gasteiger partial charge in [0.15, 0.2) is 11.6 Å². The minimum Gasteiger partial charge on any atom is -0.465 e. The Morgan fingerprint density at radius 2 is 1.74 bits per heavy atom.